The van der Waals surface area contributed by atoms with Crippen molar-refractivity contribution in [1.82, 2.24) is 10.3 Å². The number of methoxy groups -OCH3 is 1. The first-order valence-electron chi connectivity index (χ1n) is 7.94. The summed E-state index contributed by atoms with van der Waals surface area (Å²) in [5.41, 5.74) is 0.664. The fourth-order valence-electron chi connectivity index (χ4n) is 2.49. The van der Waals surface area contributed by atoms with Crippen LogP contribution < -0.4 is 14.8 Å². The number of fused-ring (bicyclic) bond motifs is 1. The molecule has 0 spiro atoms. The minimum atomic E-state index is -0.742. The zero-order valence-corrected chi connectivity index (χ0v) is 14.0. The standard InChI is InChI=1S/C19H17FN2O4/c1-25-13-3-5-14(6-4-13)26-9-8-21-19(24)18(23)16-11-22-17-10-12(20)2-7-15(16)17/h2-7,10-11,22H,8-9H2,1H3,(H,21,24). The number of nitrogens with one attached hydrogen (secondary N) is 2. The van der Waals surface area contributed by atoms with E-state index in [0.29, 0.717) is 16.7 Å². The number of aromatic nitrogens is 1. The van der Waals surface area contributed by atoms with Gasteiger partial charge in [0.25, 0.3) is 11.7 Å². The van der Waals surface area contributed by atoms with E-state index in [0.717, 1.165) is 5.75 Å². The lowest BCUT2D eigenvalue weighted by Gasteiger charge is -2.08. The largest absolute Gasteiger partial charge is 0.497 e. The minimum Gasteiger partial charge on any atom is -0.497 e. The molecule has 0 unspecified atom stereocenters. The Morgan fingerprint density at radius 1 is 1.12 bits per heavy atom. The van der Waals surface area contributed by atoms with E-state index in [9.17, 15) is 14.0 Å². The Morgan fingerprint density at radius 3 is 2.58 bits per heavy atom. The van der Waals surface area contributed by atoms with Gasteiger partial charge in [-0.05, 0) is 42.5 Å². The first-order chi connectivity index (χ1) is 12.6. The van der Waals surface area contributed by atoms with Crippen molar-refractivity contribution in [2.45, 2.75) is 0 Å². The second-order valence-corrected chi connectivity index (χ2v) is 5.50. The predicted octanol–water partition coefficient (Wildman–Crippen LogP) is 2.69. The van der Waals surface area contributed by atoms with Crippen LogP contribution in [-0.4, -0.2) is 36.9 Å². The number of Topliss-reactive ketones (excluding diaryl/α,β-unsaturated/α-hetero) is 1. The second kappa shape index (κ2) is 7.69. The van der Waals surface area contributed by atoms with Crippen LogP contribution in [0.25, 0.3) is 10.9 Å². The van der Waals surface area contributed by atoms with Crippen molar-refractivity contribution in [3.8, 4) is 11.5 Å². The van der Waals surface area contributed by atoms with Crippen molar-refractivity contribution in [3.63, 3.8) is 0 Å². The lowest BCUT2D eigenvalue weighted by Crippen LogP contribution is -2.34. The smallest absolute Gasteiger partial charge is 0.292 e. The summed E-state index contributed by atoms with van der Waals surface area (Å²) in [6, 6.07) is 11.0. The van der Waals surface area contributed by atoms with E-state index in [1.807, 2.05) is 0 Å². The zero-order valence-electron chi connectivity index (χ0n) is 14.0. The molecule has 1 heterocycles. The van der Waals surface area contributed by atoms with Gasteiger partial charge in [0.05, 0.1) is 19.2 Å². The SMILES string of the molecule is COc1ccc(OCCNC(=O)C(=O)c2c[nH]c3cc(F)ccc23)cc1. The fraction of sp³-hybridized carbons (Fsp3) is 0.158. The molecular weight excluding hydrogens is 339 g/mol. The van der Waals surface area contributed by atoms with E-state index in [2.05, 4.69) is 10.3 Å². The minimum absolute atomic E-state index is 0.174. The summed E-state index contributed by atoms with van der Waals surface area (Å²) in [5, 5.41) is 3.01. The van der Waals surface area contributed by atoms with Crippen LogP contribution in [0.4, 0.5) is 4.39 Å². The zero-order chi connectivity index (χ0) is 18.5. The van der Waals surface area contributed by atoms with Gasteiger partial charge < -0.3 is 19.8 Å². The first kappa shape index (κ1) is 17.5. The number of halogens is 1. The number of aromatic amines is 1. The Bertz CT molecular complexity index is 934. The third-order valence-corrected chi connectivity index (χ3v) is 3.81. The molecule has 3 rings (SSSR count). The second-order valence-electron chi connectivity index (χ2n) is 5.50. The molecule has 0 aliphatic heterocycles. The van der Waals surface area contributed by atoms with Gasteiger partial charge in [0.2, 0.25) is 0 Å². The van der Waals surface area contributed by atoms with Crippen LogP contribution in [0.3, 0.4) is 0 Å². The summed E-state index contributed by atoms with van der Waals surface area (Å²) in [5.74, 6) is -0.501. The molecule has 0 aliphatic carbocycles. The summed E-state index contributed by atoms with van der Waals surface area (Å²) >= 11 is 0. The van der Waals surface area contributed by atoms with Crippen LogP contribution in [0.15, 0.2) is 48.7 Å². The molecule has 134 valence electrons. The predicted molar refractivity (Wildman–Crippen MR) is 94.1 cm³/mol. The maximum absolute atomic E-state index is 13.2. The van der Waals surface area contributed by atoms with Gasteiger partial charge in [0.15, 0.2) is 0 Å². The highest BCUT2D eigenvalue weighted by Crippen LogP contribution is 2.20. The number of ether oxygens (including phenoxy) is 2. The van der Waals surface area contributed by atoms with Crippen LogP contribution in [0.2, 0.25) is 0 Å². The number of benzene rings is 2. The normalized spacial score (nSPS) is 10.5. The van der Waals surface area contributed by atoms with E-state index in [4.69, 9.17) is 9.47 Å². The molecule has 26 heavy (non-hydrogen) atoms. The third-order valence-electron chi connectivity index (χ3n) is 3.81. The average Bonchev–Trinajstić information content (AvgIpc) is 3.07. The Hall–Kier alpha value is -3.35. The Kier molecular flexibility index (Phi) is 5.17. The number of hydrogen-bond donors (Lipinski definition) is 2. The van der Waals surface area contributed by atoms with Crippen LogP contribution >= 0.6 is 0 Å². The van der Waals surface area contributed by atoms with Gasteiger partial charge in [-0.1, -0.05) is 0 Å². The molecule has 1 aromatic heterocycles. The Labute approximate surface area is 148 Å². The van der Waals surface area contributed by atoms with Gasteiger partial charge in [-0.2, -0.15) is 0 Å². The molecule has 0 atom stereocenters. The van der Waals surface area contributed by atoms with Crippen LogP contribution in [-0.2, 0) is 4.79 Å². The van der Waals surface area contributed by atoms with E-state index in [1.54, 1.807) is 31.4 Å². The number of H-pyrrole nitrogens is 1. The highest BCUT2D eigenvalue weighted by atomic mass is 19.1. The van der Waals surface area contributed by atoms with Gasteiger partial charge in [-0.25, -0.2) is 4.39 Å². The number of ketones is 1. The topological polar surface area (TPSA) is 80.4 Å². The highest BCUT2D eigenvalue weighted by Gasteiger charge is 2.19. The molecule has 0 radical (unpaired) electrons. The number of rotatable bonds is 7. The van der Waals surface area contributed by atoms with Gasteiger partial charge >= 0.3 is 0 Å². The molecule has 0 saturated heterocycles. The number of carbonyl (C=O) groups is 2. The van der Waals surface area contributed by atoms with Gasteiger partial charge in [0, 0.05) is 17.1 Å². The maximum atomic E-state index is 13.2. The quantitative estimate of drug-likeness (QED) is 0.387. The molecule has 0 aliphatic rings. The van der Waals surface area contributed by atoms with Crippen molar-refractivity contribution < 1.29 is 23.5 Å². The summed E-state index contributed by atoms with van der Waals surface area (Å²) in [4.78, 5) is 27.1. The molecular formula is C19H17FN2O4. The van der Waals surface area contributed by atoms with Crippen molar-refractivity contribution in [3.05, 3.63) is 60.0 Å². The van der Waals surface area contributed by atoms with E-state index in [1.165, 1.54) is 24.4 Å². The van der Waals surface area contributed by atoms with E-state index >= 15 is 0 Å². The first-order valence-corrected chi connectivity index (χ1v) is 7.94. The Balaban J connectivity index is 1.53. The lowest BCUT2D eigenvalue weighted by atomic mass is 10.1. The maximum Gasteiger partial charge on any atom is 0.292 e. The van der Waals surface area contributed by atoms with Crippen LogP contribution in [0.5, 0.6) is 11.5 Å². The molecule has 7 heteroatoms. The average molecular weight is 356 g/mol. The van der Waals surface area contributed by atoms with Crippen molar-refractivity contribution in [2.24, 2.45) is 0 Å². The summed E-state index contributed by atoms with van der Waals surface area (Å²) in [6.45, 7) is 0.387. The summed E-state index contributed by atoms with van der Waals surface area (Å²) in [7, 11) is 1.58. The van der Waals surface area contributed by atoms with Gasteiger partial charge in [-0.15, -0.1) is 0 Å². The molecule has 3 aromatic rings. The van der Waals surface area contributed by atoms with Crippen LogP contribution in [0.1, 0.15) is 10.4 Å². The number of hydrogen-bond acceptors (Lipinski definition) is 4. The lowest BCUT2D eigenvalue weighted by molar-refractivity contribution is -0.117. The molecule has 2 N–H and O–H groups in total. The van der Waals surface area contributed by atoms with Crippen molar-refractivity contribution >= 4 is 22.6 Å². The monoisotopic (exact) mass is 356 g/mol. The number of carbonyl (C=O) groups excluding carboxylic acids is 2. The number of amides is 1. The molecule has 1 amide bonds. The molecule has 6 nitrogen and oxygen atoms in total. The molecule has 0 saturated carbocycles. The van der Waals surface area contributed by atoms with Crippen LogP contribution in [0, 0.1) is 5.82 Å². The third kappa shape index (κ3) is 3.83. The van der Waals surface area contributed by atoms with Gasteiger partial charge in [0.1, 0.15) is 23.9 Å². The summed E-state index contributed by atoms with van der Waals surface area (Å²) in [6.07, 6.45) is 1.40. The Morgan fingerprint density at radius 2 is 1.85 bits per heavy atom. The van der Waals surface area contributed by atoms with Gasteiger partial charge in [-0.3, -0.25) is 9.59 Å². The molecule has 2 aromatic carbocycles. The summed E-state index contributed by atoms with van der Waals surface area (Å²) < 4.78 is 23.7. The van der Waals surface area contributed by atoms with Crippen molar-refractivity contribution in [2.75, 3.05) is 20.3 Å². The van der Waals surface area contributed by atoms with E-state index < -0.39 is 17.5 Å². The molecule has 0 fully saturated rings. The van der Waals surface area contributed by atoms with E-state index in [-0.39, 0.29) is 18.7 Å². The van der Waals surface area contributed by atoms with Crippen molar-refractivity contribution in [1.29, 1.82) is 0 Å². The molecule has 0 bridgehead atoms. The highest BCUT2D eigenvalue weighted by molar-refractivity contribution is 6.44. The fourth-order valence-corrected chi connectivity index (χ4v) is 2.49.